The van der Waals surface area contributed by atoms with Crippen molar-refractivity contribution in [1.29, 1.82) is 0 Å². The molecule has 0 aliphatic heterocycles. The summed E-state index contributed by atoms with van der Waals surface area (Å²) in [6.07, 6.45) is 12.5. The number of benzene rings is 2. The molecular weight excluding hydrogens is 320 g/mol. The predicted molar refractivity (Wildman–Crippen MR) is 102 cm³/mol. The summed E-state index contributed by atoms with van der Waals surface area (Å²) < 4.78 is 8.51. The third kappa shape index (κ3) is 2.73. The molecule has 0 fully saturated rings. The standard InChI is InChI=1S/C22H24N4/c1-17-7-5-9-19(25-13-11-23(3)15-25)21(17)22-18(2)8-6-10-20(22)26-14-12-24(4)16-26/h5-16H,1-4H3/q+2. The highest BCUT2D eigenvalue weighted by molar-refractivity contribution is 5.84. The number of imidazole rings is 2. The molecule has 0 saturated carbocycles. The molecule has 130 valence electrons. The van der Waals surface area contributed by atoms with Gasteiger partial charge in [-0.3, -0.25) is 0 Å². The van der Waals surface area contributed by atoms with Gasteiger partial charge in [0.2, 0.25) is 12.7 Å². The van der Waals surface area contributed by atoms with E-state index in [1.165, 1.54) is 33.6 Å². The second kappa shape index (κ2) is 6.30. The van der Waals surface area contributed by atoms with Gasteiger partial charge in [0.1, 0.15) is 36.2 Å². The van der Waals surface area contributed by atoms with Crippen LogP contribution in [0.4, 0.5) is 0 Å². The molecule has 0 atom stereocenters. The van der Waals surface area contributed by atoms with Crippen LogP contribution in [0.1, 0.15) is 11.1 Å². The molecule has 4 heteroatoms. The Morgan fingerprint density at radius 2 is 1.08 bits per heavy atom. The van der Waals surface area contributed by atoms with Crippen LogP contribution in [0.5, 0.6) is 0 Å². The second-order valence-electron chi connectivity index (χ2n) is 6.91. The minimum Gasteiger partial charge on any atom is -0.239 e. The lowest BCUT2D eigenvalue weighted by Gasteiger charge is -2.15. The van der Waals surface area contributed by atoms with Crippen molar-refractivity contribution in [3.8, 4) is 22.5 Å². The fourth-order valence-electron chi connectivity index (χ4n) is 3.57. The van der Waals surface area contributed by atoms with Crippen molar-refractivity contribution in [2.75, 3.05) is 0 Å². The minimum absolute atomic E-state index is 1.19. The average Bonchev–Trinajstić information content (AvgIpc) is 3.23. The Labute approximate surface area is 154 Å². The Bertz CT molecular complexity index is 997. The van der Waals surface area contributed by atoms with Gasteiger partial charge in [-0.15, -0.1) is 0 Å². The summed E-state index contributed by atoms with van der Waals surface area (Å²) in [6, 6.07) is 13.0. The first kappa shape index (κ1) is 16.3. The van der Waals surface area contributed by atoms with Gasteiger partial charge in [0, 0.05) is 11.1 Å². The molecular formula is C22H24N4+2. The van der Waals surface area contributed by atoms with Crippen LogP contribution in [0, 0.1) is 13.8 Å². The molecule has 2 heterocycles. The molecule has 4 nitrogen and oxygen atoms in total. The van der Waals surface area contributed by atoms with Gasteiger partial charge in [0.15, 0.2) is 0 Å². The van der Waals surface area contributed by atoms with Crippen molar-refractivity contribution >= 4 is 0 Å². The molecule has 0 unspecified atom stereocenters. The Hall–Kier alpha value is -3.14. The lowest BCUT2D eigenvalue weighted by Crippen LogP contribution is -2.23. The summed E-state index contributed by atoms with van der Waals surface area (Å²) in [4.78, 5) is 0. The Balaban J connectivity index is 2.03. The zero-order valence-electron chi connectivity index (χ0n) is 15.7. The van der Waals surface area contributed by atoms with Crippen LogP contribution in [-0.2, 0) is 14.1 Å². The van der Waals surface area contributed by atoms with E-state index in [2.05, 4.69) is 106 Å². The van der Waals surface area contributed by atoms with Gasteiger partial charge >= 0.3 is 0 Å². The Morgan fingerprint density at radius 1 is 0.654 bits per heavy atom. The van der Waals surface area contributed by atoms with E-state index in [1.807, 2.05) is 14.1 Å². The van der Waals surface area contributed by atoms with Crippen LogP contribution < -0.4 is 9.13 Å². The van der Waals surface area contributed by atoms with E-state index in [0.29, 0.717) is 0 Å². The highest BCUT2D eigenvalue weighted by atomic mass is 15.1. The summed E-state index contributed by atoms with van der Waals surface area (Å²) >= 11 is 0. The summed E-state index contributed by atoms with van der Waals surface area (Å²) in [5, 5.41) is 0. The highest BCUT2D eigenvalue weighted by Gasteiger charge is 2.21. The van der Waals surface area contributed by atoms with E-state index >= 15 is 0 Å². The van der Waals surface area contributed by atoms with Crippen molar-refractivity contribution in [3.63, 3.8) is 0 Å². The monoisotopic (exact) mass is 344 g/mol. The predicted octanol–water partition coefficient (Wildman–Crippen LogP) is 3.20. The first-order valence-electron chi connectivity index (χ1n) is 8.81. The van der Waals surface area contributed by atoms with Gasteiger partial charge < -0.3 is 0 Å². The van der Waals surface area contributed by atoms with E-state index < -0.39 is 0 Å². The maximum atomic E-state index is 2.19. The number of hydrogen-bond acceptors (Lipinski definition) is 0. The Kier molecular flexibility index (Phi) is 3.96. The zero-order valence-corrected chi connectivity index (χ0v) is 15.7. The topological polar surface area (TPSA) is 17.6 Å². The van der Waals surface area contributed by atoms with E-state index in [9.17, 15) is 0 Å². The molecule has 4 aromatic rings. The zero-order chi connectivity index (χ0) is 18.3. The maximum Gasteiger partial charge on any atom is 0.248 e. The summed E-state index contributed by atoms with van der Waals surface area (Å²) in [6.45, 7) is 4.38. The third-order valence-electron chi connectivity index (χ3n) is 4.85. The highest BCUT2D eigenvalue weighted by Crippen LogP contribution is 2.36. The molecule has 0 aliphatic carbocycles. The van der Waals surface area contributed by atoms with Crippen molar-refractivity contribution in [3.05, 3.63) is 85.0 Å². The van der Waals surface area contributed by atoms with E-state index in [-0.39, 0.29) is 0 Å². The van der Waals surface area contributed by atoms with Crippen molar-refractivity contribution < 1.29 is 9.13 Å². The molecule has 0 N–H and O–H groups in total. The third-order valence-corrected chi connectivity index (χ3v) is 4.85. The SMILES string of the molecule is Cc1cccc(-n2cc[n+](C)c2)c1-c1c(C)cccc1-n1cc[n+](C)c1. The number of aryl methyl sites for hydroxylation is 4. The van der Waals surface area contributed by atoms with E-state index in [1.54, 1.807) is 0 Å². The van der Waals surface area contributed by atoms with Gasteiger partial charge in [0.05, 0.1) is 14.1 Å². The molecule has 0 aliphatic rings. The molecule has 0 bridgehead atoms. The molecule has 2 aromatic carbocycles. The smallest absolute Gasteiger partial charge is 0.239 e. The first-order chi connectivity index (χ1) is 12.5. The van der Waals surface area contributed by atoms with E-state index in [0.717, 1.165) is 0 Å². The van der Waals surface area contributed by atoms with E-state index in [4.69, 9.17) is 0 Å². The van der Waals surface area contributed by atoms with Crippen molar-refractivity contribution in [2.24, 2.45) is 14.1 Å². The van der Waals surface area contributed by atoms with Crippen molar-refractivity contribution in [1.82, 2.24) is 9.13 Å². The first-order valence-corrected chi connectivity index (χ1v) is 8.81. The van der Waals surface area contributed by atoms with Crippen molar-refractivity contribution in [2.45, 2.75) is 13.8 Å². The number of rotatable bonds is 3. The Morgan fingerprint density at radius 3 is 1.42 bits per heavy atom. The summed E-state index contributed by atoms with van der Waals surface area (Å²) in [7, 11) is 4.09. The van der Waals surface area contributed by atoms with Crippen LogP contribution in [0.25, 0.3) is 22.5 Å². The molecule has 0 amide bonds. The summed E-state index contributed by atoms with van der Waals surface area (Å²) in [5.41, 5.74) is 7.47. The van der Waals surface area contributed by atoms with Gasteiger partial charge in [-0.1, -0.05) is 24.3 Å². The van der Waals surface area contributed by atoms with Crippen LogP contribution in [0.2, 0.25) is 0 Å². The normalized spacial score (nSPS) is 11.1. The van der Waals surface area contributed by atoms with Crippen LogP contribution in [0.3, 0.4) is 0 Å². The van der Waals surface area contributed by atoms with Crippen LogP contribution in [-0.4, -0.2) is 9.13 Å². The van der Waals surface area contributed by atoms with Gasteiger partial charge in [0.25, 0.3) is 0 Å². The molecule has 0 radical (unpaired) electrons. The lowest BCUT2D eigenvalue weighted by atomic mass is 9.93. The van der Waals surface area contributed by atoms with Gasteiger partial charge in [-0.2, -0.15) is 0 Å². The number of nitrogens with zero attached hydrogens (tertiary/aromatic N) is 4. The molecule has 4 rings (SSSR count). The fourth-order valence-corrected chi connectivity index (χ4v) is 3.57. The summed E-state index contributed by atoms with van der Waals surface area (Å²) in [5.74, 6) is 0. The number of aromatic nitrogens is 4. The molecule has 0 saturated heterocycles. The second-order valence-corrected chi connectivity index (χ2v) is 6.91. The molecule has 0 spiro atoms. The number of hydrogen-bond donors (Lipinski definition) is 0. The lowest BCUT2D eigenvalue weighted by molar-refractivity contribution is -0.670. The van der Waals surface area contributed by atoms with Crippen LogP contribution in [0.15, 0.2) is 73.8 Å². The average molecular weight is 344 g/mol. The minimum atomic E-state index is 1.19. The largest absolute Gasteiger partial charge is 0.248 e. The maximum absolute atomic E-state index is 2.19. The molecule has 2 aromatic heterocycles. The fraction of sp³-hybridized carbons (Fsp3) is 0.182. The quantitative estimate of drug-likeness (QED) is 0.508. The van der Waals surface area contributed by atoms with Gasteiger partial charge in [-0.25, -0.2) is 18.3 Å². The van der Waals surface area contributed by atoms with Crippen LogP contribution >= 0.6 is 0 Å². The molecule has 26 heavy (non-hydrogen) atoms. The van der Waals surface area contributed by atoms with Gasteiger partial charge in [-0.05, 0) is 37.1 Å².